The van der Waals surface area contributed by atoms with Gasteiger partial charge < -0.3 is 9.52 Å². The lowest BCUT2D eigenvalue weighted by atomic mass is 10.2. The number of rotatable bonds is 3. The maximum Gasteiger partial charge on any atom is 0.339 e. The third-order valence-electron chi connectivity index (χ3n) is 1.54. The summed E-state index contributed by atoms with van der Waals surface area (Å²) in [5, 5.41) is 8.68. The Bertz CT molecular complexity index is 353. The normalized spacial score (nSPS) is 12.8. The van der Waals surface area contributed by atoms with Crippen LogP contribution in [-0.4, -0.2) is 21.5 Å². The molecule has 1 heterocycles. The number of carboxylic acids is 1. The highest BCUT2D eigenvalue weighted by atomic mass is 32.2. The maximum absolute atomic E-state index is 10.8. The fourth-order valence-electron chi connectivity index (χ4n) is 1.03. The van der Waals surface area contributed by atoms with Crippen molar-refractivity contribution in [3.05, 3.63) is 23.2 Å². The van der Waals surface area contributed by atoms with Gasteiger partial charge in [0.15, 0.2) is 0 Å². The quantitative estimate of drug-likeness (QED) is 0.798. The minimum Gasteiger partial charge on any atom is -0.478 e. The van der Waals surface area contributed by atoms with Gasteiger partial charge in [0.25, 0.3) is 0 Å². The van der Waals surface area contributed by atoms with Crippen LogP contribution in [0.1, 0.15) is 21.9 Å². The summed E-state index contributed by atoms with van der Waals surface area (Å²) in [6.07, 6.45) is 1.54. The summed E-state index contributed by atoms with van der Waals surface area (Å²) in [7, 11) is -1.01. The second kappa shape index (κ2) is 3.74. The van der Waals surface area contributed by atoms with E-state index in [1.807, 2.05) is 0 Å². The average Bonchev–Trinajstić information content (AvgIpc) is 2.29. The third kappa shape index (κ3) is 2.42. The molecule has 13 heavy (non-hydrogen) atoms. The van der Waals surface area contributed by atoms with Gasteiger partial charge in [0.1, 0.15) is 17.1 Å². The first-order valence-corrected chi connectivity index (χ1v) is 5.36. The lowest BCUT2D eigenvalue weighted by Gasteiger charge is -1.89. The first-order valence-electron chi connectivity index (χ1n) is 3.63. The van der Waals surface area contributed by atoms with Crippen molar-refractivity contribution in [3.63, 3.8) is 0 Å². The lowest BCUT2D eigenvalue weighted by Crippen LogP contribution is -1.95. The molecule has 0 aliphatic rings. The van der Waals surface area contributed by atoms with Crippen molar-refractivity contribution in [2.75, 3.05) is 6.26 Å². The molecule has 1 aromatic rings. The number of carboxylic acid groups (broad SMARTS) is 1. The molecule has 0 aromatic carbocycles. The van der Waals surface area contributed by atoms with E-state index in [1.165, 1.54) is 12.3 Å². The molecule has 0 aliphatic carbocycles. The highest BCUT2D eigenvalue weighted by Crippen LogP contribution is 2.15. The van der Waals surface area contributed by atoms with Crippen LogP contribution in [0.5, 0.6) is 0 Å². The third-order valence-corrected chi connectivity index (χ3v) is 2.24. The second-order valence-electron chi connectivity index (χ2n) is 2.71. The fraction of sp³-hybridized carbons (Fsp3) is 0.375. The van der Waals surface area contributed by atoms with Gasteiger partial charge in [0.2, 0.25) is 0 Å². The van der Waals surface area contributed by atoms with E-state index >= 15 is 0 Å². The number of hydrogen-bond donors (Lipinski definition) is 1. The highest BCUT2D eigenvalue weighted by Gasteiger charge is 2.13. The van der Waals surface area contributed by atoms with Crippen LogP contribution in [0.2, 0.25) is 0 Å². The summed E-state index contributed by atoms with van der Waals surface area (Å²) < 4.78 is 15.9. The molecule has 4 nitrogen and oxygen atoms in total. The Balaban J connectivity index is 2.95. The van der Waals surface area contributed by atoms with Crippen molar-refractivity contribution in [2.45, 2.75) is 12.7 Å². The Hall–Kier alpha value is -1.10. The van der Waals surface area contributed by atoms with Crippen molar-refractivity contribution >= 4 is 16.8 Å². The van der Waals surface area contributed by atoms with Crippen molar-refractivity contribution in [3.8, 4) is 0 Å². The molecule has 1 N–H and O–H groups in total. The van der Waals surface area contributed by atoms with Crippen molar-refractivity contribution < 1.29 is 18.5 Å². The van der Waals surface area contributed by atoms with E-state index in [4.69, 9.17) is 9.52 Å². The average molecular weight is 202 g/mol. The Kier molecular flexibility index (Phi) is 2.87. The summed E-state index contributed by atoms with van der Waals surface area (Å²) >= 11 is 0. The Morgan fingerprint density at radius 2 is 2.31 bits per heavy atom. The van der Waals surface area contributed by atoms with E-state index in [0.717, 1.165) is 0 Å². The zero-order valence-corrected chi connectivity index (χ0v) is 8.18. The molecule has 0 spiro atoms. The minimum absolute atomic E-state index is 0.139. The van der Waals surface area contributed by atoms with Crippen molar-refractivity contribution in [2.24, 2.45) is 0 Å². The molecule has 0 fully saturated rings. The van der Waals surface area contributed by atoms with Crippen LogP contribution in [0.15, 0.2) is 10.5 Å². The monoisotopic (exact) mass is 202 g/mol. The van der Waals surface area contributed by atoms with Gasteiger partial charge in [-0.15, -0.1) is 0 Å². The Morgan fingerprint density at radius 1 is 1.69 bits per heavy atom. The molecule has 1 aromatic heterocycles. The van der Waals surface area contributed by atoms with Gasteiger partial charge >= 0.3 is 5.97 Å². The van der Waals surface area contributed by atoms with Crippen LogP contribution in [0.25, 0.3) is 0 Å². The predicted molar refractivity (Wildman–Crippen MR) is 48.2 cm³/mol. The first-order chi connectivity index (χ1) is 6.00. The van der Waals surface area contributed by atoms with E-state index in [-0.39, 0.29) is 11.3 Å². The molecular weight excluding hydrogens is 192 g/mol. The van der Waals surface area contributed by atoms with Crippen LogP contribution in [0, 0.1) is 6.92 Å². The smallest absolute Gasteiger partial charge is 0.339 e. The SMILES string of the molecule is Cc1oc(CS(C)=O)cc1C(=O)O. The van der Waals surface area contributed by atoms with Gasteiger partial charge in [0, 0.05) is 17.1 Å². The molecule has 0 bridgehead atoms. The van der Waals surface area contributed by atoms with Crippen LogP contribution in [0.4, 0.5) is 0 Å². The molecule has 1 atom stereocenters. The van der Waals surface area contributed by atoms with E-state index < -0.39 is 16.8 Å². The van der Waals surface area contributed by atoms with Crippen LogP contribution >= 0.6 is 0 Å². The van der Waals surface area contributed by atoms with Gasteiger partial charge in [-0.2, -0.15) is 0 Å². The summed E-state index contributed by atoms with van der Waals surface area (Å²) in [5.41, 5.74) is 0.139. The summed E-state index contributed by atoms with van der Waals surface area (Å²) in [6.45, 7) is 1.57. The van der Waals surface area contributed by atoms with Crippen LogP contribution < -0.4 is 0 Å². The summed E-state index contributed by atoms with van der Waals surface area (Å²) in [4.78, 5) is 10.6. The molecule has 0 saturated carbocycles. The number of carbonyl (C=O) groups is 1. The van der Waals surface area contributed by atoms with E-state index in [2.05, 4.69) is 0 Å². The number of hydrogen-bond acceptors (Lipinski definition) is 3. The highest BCUT2D eigenvalue weighted by molar-refractivity contribution is 7.83. The van der Waals surface area contributed by atoms with Crippen LogP contribution in [-0.2, 0) is 16.6 Å². The second-order valence-corrected chi connectivity index (χ2v) is 4.14. The van der Waals surface area contributed by atoms with Gasteiger partial charge in [-0.05, 0) is 13.0 Å². The Labute approximate surface area is 78.0 Å². The largest absolute Gasteiger partial charge is 0.478 e. The summed E-state index contributed by atoms with van der Waals surface area (Å²) in [6, 6.07) is 1.42. The molecule has 0 saturated heterocycles. The van der Waals surface area contributed by atoms with E-state index in [9.17, 15) is 9.00 Å². The van der Waals surface area contributed by atoms with Crippen LogP contribution in [0.3, 0.4) is 0 Å². The van der Waals surface area contributed by atoms with Gasteiger partial charge in [-0.25, -0.2) is 4.79 Å². The maximum atomic E-state index is 10.8. The topological polar surface area (TPSA) is 67.5 Å². The molecule has 1 unspecified atom stereocenters. The first kappa shape index (κ1) is 9.98. The summed E-state index contributed by atoms with van der Waals surface area (Å²) in [5.74, 6) is 0.0479. The van der Waals surface area contributed by atoms with E-state index in [1.54, 1.807) is 6.92 Å². The van der Waals surface area contributed by atoms with E-state index in [0.29, 0.717) is 11.5 Å². The predicted octanol–water partition coefficient (Wildman–Crippen LogP) is 1.16. The molecule has 1 rings (SSSR count). The zero-order valence-electron chi connectivity index (χ0n) is 7.36. The fourth-order valence-corrected chi connectivity index (χ4v) is 1.57. The minimum atomic E-state index is -1.02. The molecule has 72 valence electrons. The van der Waals surface area contributed by atoms with Gasteiger partial charge in [-0.3, -0.25) is 4.21 Å². The number of aryl methyl sites for hydroxylation is 1. The molecule has 5 heteroatoms. The molecule has 0 aliphatic heterocycles. The van der Waals surface area contributed by atoms with Gasteiger partial charge in [-0.1, -0.05) is 0 Å². The Morgan fingerprint density at radius 3 is 2.69 bits per heavy atom. The number of furan rings is 1. The zero-order chi connectivity index (χ0) is 10.0. The lowest BCUT2D eigenvalue weighted by molar-refractivity contribution is 0.0695. The van der Waals surface area contributed by atoms with Gasteiger partial charge in [0.05, 0.1) is 5.75 Å². The molecule has 0 amide bonds. The van der Waals surface area contributed by atoms with Crippen molar-refractivity contribution in [1.82, 2.24) is 0 Å². The number of aromatic carboxylic acids is 1. The van der Waals surface area contributed by atoms with Crippen molar-refractivity contribution in [1.29, 1.82) is 0 Å². The standard InChI is InChI=1S/C8H10O4S/c1-5-7(8(9)10)3-6(12-5)4-13(2)11/h3H,4H2,1-2H3,(H,9,10). The molecule has 0 radical (unpaired) electrons. The molecular formula is C8H10O4S.